The number of nitrogens with zero attached hydrogens (tertiary/aromatic N) is 3. The van der Waals surface area contributed by atoms with Crippen LogP contribution in [0.2, 0.25) is 0 Å². The van der Waals surface area contributed by atoms with Crippen molar-refractivity contribution in [3.63, 3.8) is 0 Å². The molecule has 0 bridgehead atoms. The van der Waals surface area contributed by atoms with Crippen LogP contribution >= 0.6 is 0 Å². The molecule has 1 aliphatic heterocycles. The number of aromatic nitrogens is 1. The van der Waals surface area contributed by atoms with Crippen LogP contribution in [0.3, 0.4) is 0 Å². The summed E-state index contributed by atoms with van der Waals surface area (Å²) in [5.41, 5.74) is 5.86. The number of piperazine rings is 1. The summed E-state index contributed by atoms with van der Waals surface area (Å²) in [6, 6.07) is 17.3. The van der Waals surface area contributed by atoms with Gasteiger partial charge in [-0.25, -0.2) is 4.39 Å². The van der Waals surface area contributed by atoms with Crippen LogP contribution in [-0.2, 0) is 6.54 Å². The molecule has 1 aromatic heterocycles. The van der Waals surface area contributed by atoms with Crippen molar-refractivity contribution in [2.75, 3.05) is 31.1 Å². The average molecular weight is 406 g/mol. The van der Waals surface area contributed by atoms with Gasteiger partial charge >= 0.3 is 0 Å². The predicted octanol–water partition coefficient (Wildman–Crippen LogP) is 4.56. The molecule has 1 fully saturated rings. The van der Waals surface area contributed by atoms with Crippen molar-refractivity contribution in [3.05, 3.63) is 88.5 Å². The summed E-state index contributed by atoms with van der Waals surface area (Å²) >= 11 is 0. The third-order valence-electron chi connectivity index (χ3n) is 5.88. The Morgan fingerprint density at radius 2 is 1.67 bits per heavy atom. The minimum atomic E-state index is -0.212. The van der Waals surface area contributed by atoms with Gasteiger partial charge in [-0.3, -0.25) is 4.79 Å². The Balaban J connectivity index is 1.52. The van der Waals surface area contributed by atoms with Crippen molar-refractivity contribution < 1.29 is 9.18 Å². The number of rotatable bonds is 4. The van der Waals surface area contributed by atoms with Crippen molar-refractivity contribution in [3.8, 4) is 0 Å². The summed E-state index contributed by atoms with van der Waals surface area (Å²) in [6.45, 7) is 9.24. The van der Waals surface area contributed by atoms with Crippen molar-refractivity contribution >= 4 is 11.6 Å². The largest absolute Gasteiger partial charge is 0.366 e. The first kappa shape index (κ1) is 20.2. The van der Waals surface area contributed by atoms with Crippen molar-refractivity contribution in [2.45, 2.75) is 27.3 Å². The summed E-state index contributed by atoms with van der Waals surface area (Å²) in [7, 11) is 0. The van der Waals surface area contributed by atoms with Gasteiger partial charge in [-0.05, 0) is 50.1 Å². The smallest absolute Gasteiger partial charge is 0.270 e. The zero-order chi connectivity index (χ0) is 21.3. The molecule has 0 saturated carbocycles. The highest BCUT2D eigenvalue weighted by molar-refractivity contribution is 5.94. The third-order valence-corrected chi connectivity index (χ3v) is 5.88. The van der Waals surface area contributed by atoms with E-state index in [9.17, 15) is 9.18 Å². The van der Waals surface area contributed by atoms with E-state index in [2.05, 4.69) is 48.7 Å². The van der Waals surface area contributed by atoms with Gasteiger partial charge in [0.25, 0.3) is 5.91 Å². The van der Waals surface area contributed by atoms with E-state index >= 15 is 0 Å². The van der Waals surface area contributed by atoms with Gasteiger partial charge in [0.05, 0.1) is 5.69 Å². The first-order valence-corrected chi connectivity index (χ1v) is 10.4. The van der Waals surface area contributed by atoms with Crippen LogP contribution in [0.5, 0.6) is 0 Å². The van der Waals surface area contributed by atoms with Crippen LogP contribution in [0, 0.1) is 26.6 Å². The highest BCUT2D eigenvalue weighted by Crippen LogP contribution is 2.23. The van der Waals surface area contributed by atoms with Gasteiger partial charge < -0.3 is 14.4 Å². The van der Waals surface area contributed by atoms with Crippen LogP contribution in [-0.4, -0.2) is 41.6 Å². The zero-order valence-corrected chi connectivity index (χ0v) is 17.9. The van der Waals surface area contributed by atoms with Gasteiger partial charge in [0.1, 0.15) is 11.5 Å². The lowest BCUT2D eigenvalue weighted by Gasteiger charge is -2.36. The van der Waals surface area contributed by atoms with E-state index in [0.29, 0.717) is 38.4 Å². The molecule has 5 heteroatoms. The predicted molar refractivity (Wildman–Crippen MR) is 119 cm³/mol. The van der Waals surface area contributed by atoms with Crippen LogP contribution in [0.1, 0.15) is 32.9 Å². The number of carbonyl (C=O) groups is 1. The second-order valence-corrected chi connectivity index (χ2v) is 8.12. The summed E-state index contributed by atoms with van der Waals surface area (Å²) in [4.78, 5) is 17.3. The van der Waals surface area contributed by atoms with Crippen molar-refractivity contribution in [1.82, 2.24) is 9.47 Å². The van der Waals surface area contributed by atoms with Gasteiger partial charge in [-0.15, -0.1) is 0 Å². The van der Waals surface area contributed by atoms with Crippen molar-refractivity contribution in [2.24, 2.45) is 0 Å². The Labute approximate surface area is 177 Å². The SMILES string of the molecule is Cc1cccc(Cn2c(C)cc(C)c2C(=O)N2CCN(c3ccccc3F)CC2)c1. The van der Waals surface area contributed by atoms with E-state index in [1.165, 1.54) is 17.2 Å². The Bertz CT molecular complexity index is 1060. The standard InChI is InChI=1S/C25H28FN3O/c1-18-7-6-8-21(15-18)17-29-20(3)16-19(2)24(29)25(30)28-13-11-27(12-14-28)23-10-5-4-9-22(23)26/h4-10,15-16H,11-14,17H2,1-3H3. The Morgan fingerprint density at radius 3 is 2.37 bits per heavy atom. The maximum atomic E-state index is 14.1. The number of carbonyl (C=O) groups excluding carboxylic acids is 1. The Morgan fingerprint density at radius 1 is 0.933 bits per heavy atom. The number of anilines is 1. The molecule has 0 N–H and O–H groups in total. The van der Waals surface area contributed by atoms with Crippen LogP contribution in [0.4, 0.5) is 10.1 Å². The molecule has 4 rings (SSSR count). The fourth-order valence-electron chi connectivity index (χ4n) is 4.34. The van der Waals surface area contributed by atoms with E-state index in [0.717, 1.165) is 17.0 Å². The number of halogens is 1. The topological polar surface area (TPSA) is 28.5 Å². The summed E-state index contributed by atoms with van der Waals surface area (Å²) in [5, 5.41) is 0. The molecule has 0 unspecified atom stereocenters. The molecule has 1 amide bonds. The number of para-hydroxylation sites is 1. The highest BCUT2D eigenvalue weighted by Gasteiger charge is 2.27. The molecular weight excluding hydrogens is 377 g/mol. The molecule has 3 aromatic rings. The maximum absolute atomic E-state index is 14.1. The summed E-state index contributed by atoms with van der Waals surface area (Å²) < 4.78 is 16.2. The molecule has 0 atom stereocenters. The fraction of sp³-hybridized carbons (Fsp3) is 0.320. The van der Waals surface area contributed by atoms with Gasteiger partial charge in [0, 0.05) is 38.4 Å². The number of benzene rings is 2. The molecule has 1 saturated heterocycles. The lowest BCUT2D eigenvalue weighted by atomic mass is 10.1. The highest BCUT2D eigenvalue weighted by atomic mass is 19.1. The lowest BCUT2D eigenvalue weighted by molar-refractivity contribution is 0.0735. The van der Waals surface area contributed by atoms with E-state index < -0.39 is 0 Å². The van der Waals surface area contributed by atoms with Crippen LogP contribution in [0.25, 0.3) is 0 Å². The lowest BCUT2D eigenvalue weighted by Crippen LogP contribution is -2.49. The zero-order valence-electron chi connectivity index (χ0n) is 17.9. The molecule has 0 radical (unpaired) electrons. The van der Waals surface area contributed by atoms with E-state index in [1.807, 2.05) is 22.8 Å². The van der Waals surface area contributed by atoms with Gasteiger partial charge in [-0.2, -0.15) is 0 Å². The number of hydrogen-bond acceptors (Lipinski definition) is 2. The quantitative estimate of drug-likeness (QED) is 0.636. The minimum Gasteiger partial charge on any atom is -0.366 e. The van der Waals surface area contributed by atoms with Gasteiger partial charge in [0.15, 0.2) is 0 Å². The first-order valence-electron chi connectivity index (χ1n) is 10.4. The molecule has 1 aliphatic rings. The van der Waals surface area contributed by atoms with E-state index in [-0.39, 0.29) is 11.7 Å². The van der Waals surface area contributed by atoms with E-state index in [1.54, 1.807) is 12.1 Å². The summed E-state index contributed by atoms with van der Waals surface area (Å²) in [6.07, 6.45) is 0. The molecule has 2 aromatic carbocycles. The van der Waals surface area contributed by atoms with Gasteiger partial charge in [-0.1, -0.05) is 42.0 Å². The number of amides is 1. The molecule has 156 valence electrons. The Hall–Kier alpha value is -3.08. The van der Waals surface area contributed by atoms with E-state index in [4.69, 9.17) is 0 Å². The molecule has 30 heavy (non-hydrogen) atoms. The Kier molecular flexibility index (Phi) is 5.62. The molecule has 4 nitrogen and oxygen atoms in total. The molecular formula is C25H28FN3O. The fourth-order valence-corrected chi connectivity index (χ4v) is 4.34. The monoisotopic (exact) mass is 405 g/mol. The second-order valence-electron chi connectivity index (χ2n) is 8.12. The van der Waals surface area contributed by atoms with Crippen LogP contribution in [0.15, 0.2) is 54.6 Å². The van der Waals surface area contributed by atoms with Crippen LogP contribution < -0.4 is 4.90 Å². The minimum absolute atomic E-state index is 0.0569. The molecule has 0 spiro atoms. The maximum Gasteiger partial charge on any atom is 0.270 e. The number of aryl methyl sites for hydroxylation is 3. The molecule has 2 heterocycles. The average Bonchev–Trinajstić information content (AvgIpc) is 3.01. The number of hydrogen-bond donors (Lipinski definition) is 0. The second kappa shape index (κ2) is 8.34. The van der Waals surface area contributed by atoms with Gasteiger partial charge in [0.2, 0.25) is 0 Å². The third kappa shape index (κ3) is 3.97. The normalized spacial score (nSPS) is 14.3. The molecule has 0 aliphatic carbocycles. The van der Waals surface area contributed by atoms with Crippen molar-refractivity contribution in [1.29, 1.82) is 0 Å². The first-order chi connectivity index (χ1) is 14.4. The summed E-state index contributed by atoms with van der Waals surface area (Å²) in [5.74, 6) is -0.155.